The molecule has 24 heteroatoms. The van der Waals surface area contributed by atoms with E-state index in [1.165, 1.54) is 24.3 Å². The van der Waals surface area contributed by atoms with Crippen LogP contribution in [0.15, 0.2) is 145 Å². The van der Waals surface area contributed by atoms with E-state index in [1.807, 2.05) is 67.5 Å². The highest BCUT2D eigenvalue weighted by Gasteiger charge is 2.56. The van der Waals surface area contributed by atoms with Gasteiger partial charge in [-0.2, -0.15) is 0 Å². The minimum atomic E-state index is -0.658. The largest absolute Gasteiger partial charge is 0.472 e. The molecule has 6 saturated heterocycles. The SMILES string of the molecule is C=C(C)C(=O)OC(CC)(CC)C1CCCO1.C=C(C)C(=O)OC(CC)(CC)C1CCOC1.C=C(C)C(=O)OC(CC)(CC)c1ccoc1.C=C(C)C(=O)OC1(C2CCCO2)CC1.C=CC(=O)OC(CC)(CC)C1CCCO1.C=CC(=O)OC(CC)(CC)C1CCOC1.C=CC(=O)OC(CC)(CC)c1ccco1.C=CC(=O)OC1(C2CCCO2)CC1. The Morgan fingerprint density at radius 2 is 0.750 bits per heavy atom. The number of furan rings is 2. The van der Waals surface area contributed by atoms with Crippen LogP contribution >= 0.6 is 0 Å². The summed E-state index contributed by atoms with van der Waals surface area (Å²) >= 11 is 0. The predicted octanol–water partition coefficient (Wildman–Crippen LogP) is 20.0. The lowest BCUT2D eigenvalue weighted by Gasteiger charge is -2.36. The van der Waals surface area contributed by atoms with Crippen molar-refractivity contribution in [3.63, 3.8) is 0 Å². The van der Waals surface area contributed by atoms with Crippen LogP contribution in [0, 0.1) is 11.8 Å². The van der Waals surface area contributed by atoms with Crippen molar-refractivity contribution >= 4 is 47.8 Å². The second-order valence-corrected chi connectivity index (χ2v) is 31.9. The van der Waals surface area contributed by atoms with E-state index in [1.54, 1.807) is 52.6 Å². The highest BCUT2D eigenvalue weighted by atomic mass is 16.6. The quantitative estimate of drug-likeness (QED) is 0.0348. The third-order valence-electron chi connectivity index (χ3n) is 24.4. The molecule has 0 spiro atoms. The van der Waals surface area contributed by atoms with E-state index in [-0.39, 0.29) is 88.6 Å². The number of carbonyl (C=O) groups excluding carboxylic acids is 8. The number of hydrogen-bond donors (Lipinski definition) is 0. The van der Waals surface area contributed by atoms with Crippen molar-refractivity contribution in [1.29, 1.82) is 0 Å². The molecule has 2 aromatic heterocycles. The van der Waals surface area contributed by atoms with Crippen molar-refractivity contribution in [2.75, 3.05) is 52.9 Å². The zero-order chi connectivity index (χ0) is 90.0. The molecule has 8 heterocycles. The van der Waals surface area contributed by atoms with E-state index in [0.29, 0.717) is 78.8 Å². The third kappa shape index (κ3) is 30.8. The highest BCUT2D eigenvalue weighted by molar-refractivity contribution is 5.89. The van der Waals surface area contributed by atoms with E-state index in [4.69, 9.17) is 75.2 Å². The van der Waals surface area contributed by atoms with Gasteiger partial charge in [-0.3, -0.25) is 0 Å². The fourth-order valence-electron chi connectivity index (χ4n) is 15.8. The molecule has 676 valence electrons. The van der Waals surface area contributed by atoms with Crippen LogP contribution in [0.1, 0.15) is 289 Å². The van der Waals surface area contributed by atoms with E-state index in [0.717, 1.165) is 186 Å². The summed E-state index contributed by atoms with van der Waals surface area (Å²) in [7, 11) is 0. The third-order valence-corrected chi connectivity index (χ3v) is 24.4. The minimum absolute atomic E-state index is 0.0470. The molecule has 0 amide bonds. The normalized spacial score (nSPS) is 20.3. The molecule has 8 fully saturated rings. The average Bonchev–Trinajstić information content (AvgIpc) is 1.62. The summed E-state index contributed by atoms with van der Waals surface area (Å²) in [5, 5.41) is 0. The molecule has 8 aliphatic rings. The van der Waals surface area contributed by atoms with Gasteiger partial charge in [0.1, 0.15) is 45.0 Å². The summed E-state index contributed by atoms with van der Waals surface area (Å²) in [6.45, 7) is 65.1. The van der Waals surface area contributed by atoms with Gasteiger partial charge in [0, 0.05) is 104 Å². The Balaban J connectivity index is 0.000000355. The summed E-state index contributed by atoms with van der Waals surface area (Å²) in [4.78, 5) is 91.2. The predicted molar refractivity (Wildman–Crippen MR) is 462 cm³/mol. The fraction of sp³-hybridized carbons (Fsp3) is 0.667. The lowest BCUT2D eigenvalue weighted by molar-refractivity contribution is -0.172. The van der Waals surface area contributed by atoms with E-state index < -0.39 is 28.4 Å². The molecule has 120 heavy (non-hydrogen) atoms. The summed E-state index contributed by atoms with van der Waals surface area (Å²) in [5.74, 6) is -1.31. The monoisotopic (exact) mass is 1690 g/mol. The first-order chi connectivity index (χ1) is 57.1. The molecule has 0 aromatic carbocycles. The number of hydrogen-bond acceptors (Lipinski definition) is 24. The molecule has 6 atom stereocenters. The Kier molecular flexibility index (Phi) is 46.4. The van der Waals surface area contributed by atoms with Gasteiger partial charge in [-0.25, -0.2) is 38.4 Å². The minimum Gasteiger partial charge on any atom is -0.472 e. The van der Waals surface area contributed by atoms with Gasteiger partial charge in [0.05, 0.1) is 56.4 Å². The van der Waals surface area contributed by atoms with Crippen molar-refractivity contribution in [1.82, 2.24) is 0 Å². The molecule has 10 rings (SSSR count). The van der Waals surface area contributed by atoms with Crippen LogP contribution in [0.25, 0.3) is 0 Å². The van der Waals surface area contributed by atoms with Crippen LogP contribution in [0.5, 0.6) is 0 Å². The van der Waals surface area contributed by atoms with Crippen molar-refractivity contribution in [2.45, 2.75) is 347 Å². The summed E-state index contributed by atoms with van der Waals surface area (Å²) in [6.07, 6.45) is 33.2. The zero-order valence-electron chi connectivity index (χ0n) is 75.7. The Morgan fingerprint density at radius 3 is 1.06 bits per heavy atom. The molecular formula is C96H148O24. The van der Waals surface area contributed by atoms with Crippen molar-refractivity contribution in [2.24, 2.45) is 11.8 Å². The van der Waals surface area contributed by atoms with Gasteiger partial charge in [0.15, 0.2) is 5.60 Å². The average molecular weight is 1690 g/mol. The van der Waals surface area contributed by atoms with Gasteiger partial charge < -0.3 is 75.2 Å². The maximum Gasteiger partial charge on any atom is 0.333 e. The van der Waals surface area contributed by atoms with Gasteiger partial charge in [-0.05, 0) is 213 Å². The Hall–Kier alpha value is -8.00. The van der Waals surface area contributed by atoms with Crippen molar-refractivity contribution in [3.8, 4) is 0 Å². The van der Waals surface area contributed by atoms with Gasteiger partial charge in [-0.15, -0.1) is 0 Å². The molecular weight excluding hydrogens is 1540 g/mol. The lowest BCUT2D eigenvalue weighted by atomic mass is 9.82. The summed E-state index contributed by atoms with van der Waals surface area (Å²) in [6, 6.07) is 5.44. The van der Waals surface area contributed by atoms with Gasteiger partial charge in [0.25, 0.3) is 0 Å². The zero-order valence-corrected chi connectivity index (χ0v) is 75.7. The van der Waals surface area contributed by atoms with E-state index in [9.17, 15) is 38.4 Å². The molecule has 0 bridgehead atoms. The second-order valence-electron chi connectivity index (χ2n) is 31.9. The van der Waals surface area contributed by atoms with Crippen LogP contribution in [0.2, 0.25) is 0 Å². The fourth-order valence-corrected chi connectivity index (χ4v) is 15.8. The molecule has 24 nitrogen and oxygen atoms in total. The molecule has 0 N–H and O–H groups in total. The molecule has 6 aliphatic heterocycles. The standard InChI is InChI=1S/C13H22O3.C13H18O3.C13H22O3.2C12H20O3.C12H16O3.C11H16O3.C10H14O3/c2*1-5-13(6-2,11-7-8-15-9-11)16-12(14)10(3)4;1-5-13(6-2,11-8-7-9-15-11)16-12(14)10(3)4;1-4-11(13)15-12(5-2,6-3)10-7-8-14-9-10;2*1-4-11(13)15-12(5-2,6-3)10-8-7-9-14-10;1-8(2)10(12)14-11(5-6-11)9-4-3-7-13-9;1-2-9(11)13-10(5-6-10)8-4-3-7-12-8/h11H,3,5-9H2,1-2,4H3;7-9H,3,5-6H2,1-2,4H3;11H,3,5-9H2,1-2,4H3;2*4,10H,1,5-9H2,2-3H3;4,7-9H,1,5-6H2,2-3H3;9H,1,3-7H2,2H3;2,8H,1,3-7H2. The second kappa shape index (κ2) is 52.5. The number of carbonyl (C=O) groups is 8. The van der Waals surface area contributed by atoms with Crippen LogP contribution < -0.4 is 0 Å². The molecule has 2 saturated carbocycles. The first kappa shape index (κ1) is 106. The molecule has 0 radical (unpaired) electrons. The maximum atomic E-state index is 11.7. The first-order valence-corrected chi connectivity index (χ1v) is 43.8. The van der Waals surface area contributed by atoms with Crippen LogP contribution in [0.4, 0.5) is 0 Å². The lowest BCUT2D eigenvalue weighted by Crippen LogP contribution is -2.45. The first-order valence-electron chi connectivity index (χ1n) is 43.8. The molecule has 2 aromatic rings. The molecule has 2 aliphatic carbocycles. The van der Waals surface area contributed by atoms with Gasteiger partial charge in [0.2, 0.25) is 0 Å². The Bertz CT molecular complexity index is 3400. The number of esters is 8. The van der Waals surface area contributed by atoms with Gasteiger partial charge >= 0.3 is 47.8 Å². The summed E-state index contributed by atoms with van der Waals surface area (Å²) in [5.41, 5.74) is -0.806. The van der Waals surface area contributed by atoms with Gasteiger partial charge in [-0.1, -0.05) is 136 Å². The Labute approximate surface area is 717 Å². The van der Waals surface area contributed by atoms with Crippen molar-refractivity contribution < 1.29 is 114 Å². The van der Waals surface area contributed by atoms with Crippen LogP contribution in [-0.4, -0.2) is 159 Å². The van der Waals surface area contributed by atoms with E-state index >= 15 is 0 Å². The molecule has 6 unspecified atom stereocenters. The number of rotatable bonds is 36. The number of ether oxygens (including phenoxy) is 14. The van der Waals surface area contributed by atoms with E-state index in [2.05, 4.69) is 80.3 Å². The van der Waals surface area contributed by atoms with Crippen molar-refractivity contribution in [3.05, 3.63) is 148 Å². The summed E-state index contributed by atoms with van der Waals surface area (Å²) < 4.78 is 87.5. The smallest absolute Gasteiger partial charge is 0.333 e. The van der Waals surface area contributed by atoms with Crippen LogP contribution in [-0.2, 0) is 116 Å². The maximum absolute atomic E-state index is 11.7. The van der Waals surface area contributed by atoms with Crippen LogP contribution in [0.3, 0.4) is 0 Å². The Morgan fingerprint density at radius 1 is 0.392 bits per heavy atom. The highest BCUT2D eigenvalue weighted by Crippen LogP contribution is 2.49. The topological polar surface area (TPSA) is 292 Å².